The first-order valence-corrected chi connectivity index (χ1v) is 12.1. The second kappa shape index (κ2) is 7.78. The van der Waals surface area contributed by atoms with Crippen molar-refractivity contribution < 1.29 is 4.79 Å². The molecule has 3 nitrogen and oxygen atoms in total. The summed E-state index contributed by atoms with van der Waals surface area (Å²) in [6.07, 6.45) is 15.6. The number of nitrogens with zero attached hydrogens (tertiary/aromatic N) is 1. The highest BCUT2D eigenvalue weighted by molar-refractivity contribution is 5.78. The van der Waals surface area contributed by atoms with E-state index in [0.717, 1.165) is 36.8 Å². The van der Waals surface area contributed by atoms with Crippen molar-refractivity contribution in [3.8, 4) is 0 Å². The molecule has 3 heteroatoms. The summed E-state index contributed by atoms with van der Waals surface area (Å²) in [5, 5.41) is 3.49. The van der Waals surface area contributed by atoms with E-state index in [1.165, 1.54) is 51.4 Å². The third kappa shape index (κ3) is 3.26. The van der Waals surface area contributed by atoms with E-state index in [1.54, 1.807) is 0 Å². The average molecular weight is 387 g/mol. The van der Waals surface area contributed by atoms with Crippen LogP contribution in [0, 0.1) is 34.5 Å². The Hall–Kier alpha value is -0.830. The number of allylic oxidation sites excluding steroid dienone is 2. The third-order valence-corrected chi connectivity index (χ3v) is 9.81. The molecule has 158 valence electrons. The number of hydrogen-bond donors (Lipinski definition) is 1. The lowest BCUT2D eigenvalue weighted by atomic mass is 9.46. The van der Waals surface area contributed by atoms with Gasteiger partial charge in [-0.15, -0.1) is 0 Å². The van der Waals surface area contributed by atoms with Gasteiger partial charge in [0.25, 0.3) is 0 Å². The molecule has 0 aliphatic heterocycles. The minimum absolute atomic E-state index is 0.241. The molecule has 1 amide bonds. The summed E-state index contributed by atoms with van der Waals surface area (Å²) in [6, 6.07) is 0.387. The Labute approximate surface area is 172 Å². The van der Waals surface area contributed by atoms with Crippen molar-refractivity contribution in [2.75, 3.05) is 19.6 Å². The molecular formula is C25H42N2O. The van der Waals surface area contributed by atoms with Gasteiger partial charge in [-0.25, -0.2) is 0 Å². The summed E-state index contributed by atoms with van der Waals surface area (Å²) in [7, 11) is 0. The van der Waals surface area contributed by atoms with Crippen molar-refractivity contribution in [2.24, 2.45) is 34.5 Å². The van der Waals surface area contributed by atoms with E-state index in [1.807, 2.05) is 0 Å². The molecule has 3 fully saturated rings. The zero-order valence-electron chi connectivity index (χ0n) is 18.7. The molecule has 3 saturated carbocycles. The zero-order chi connectivity index (χ0) is 19.9. The van der Waals surface area contributed by atoms with Crippen LogP contribution in [-0.2, 0) is 4.79 Å². The number of nitrogens with one attached hydrogen (secondary N) is 1. The largest absolute Gasteiger partial charge is 0.352 e. The topological polar surface area (TPSA) is 32.3 Å². The van der Waals surface area contributed by atoms with Crippen LogP contribution in [0.3, 0.4) is 0 Å². The molecule has 0 heterocycles. The van der Waals surface area contributed by atoms with E-state index in [0.29, 0.717) is 23.4 Å². The number of carbonyl (C=O) groups excluding carboxylic acids is 1. The molecule has 1 N–H and O–H groups in total. The minimum Gasteiger partial charge on any atom is -0.352 e. The van der Waals surface area contributed by atoms with Crippen LogP contribution in [0.15, 0.2) is 12.2 Å². The van der Waals surface area contributed by atoms with Gasteiger partial charge in [-0.3, -0.25) is 9.69 Å². The Balaban J connectivity index is 1.46. The van der Waals surface area contributed by atoms with Crippen LogP contribution in [0.1, 0.15) is 79.1 Å². The molecule has 0 bridgehead atoms. The first kappa shape index (κ1) is 20.4. The lowest BCUT2D eigenvalue weighted by Crippen LogP contribution is -2.55. The molecule has 28 heavy (non-hydrogen) atoms. The summed E-state index contributed by atoms with van der Waals surface area (Å²) in [5.74, 6) is 3.75. The van der Waals surface area contributed by atoms with Crippen LogP contribution in [0.4, 0.5) is 0 Å². The van der Waals surface area contributed by atoms with Gasteiger partial charge in [-0.2, -0.15) is 0 Å². The molecule has 0 aromatic heterocycles. The second-order valence-electron chi connectivity index (χ2n) is 10.8. The van der Waals surface area contributed by atoms with E-state index < -0.39 is 0 Å². The number of fused-ring (bicyclic) bond motifs is 5. The smallest absolute Gasteiger partial charge is 0.234 e. The monoisotopic (exact) mass is 386 g/mol. The maximum Gasteiger partial charge on any atom is 0.234 e. The fourth-order valence-corrected chi connectivity index (χ4v) is 7.97. The minimum atomic E-state index is 0.241. The van der Waals surface area contributed by atoms with Crippen molar-refractivity contribution in [1.82, 2.24) is 10.2 Å². The van der Waals surface area contributed by atoms with E-state index in [9.17, 15) is 4.79 Å². The normalized spacial score (nSPS) is 44.7. The molecule has 7 atom stereocenters. The van der Waals surface area contributed by atoms with Crippen molar-refractivity contribution in [1.29, 1.82) is 0 Å². The van der Waals surface area contributed by atoms with E-state index in [4.69, 9.17) is 0 Å². The second-order valence-corrected chi connectivity index (χ2v) is 10.8. The maximum absolute atomic E-state index is 12.7. The number of hydrogen-bond acceptors (Lipinski definition) is 2. The highest BCUT2D eigenvalue weighted by Gasteiger charge is 2.59. The number of carbonyl (C=O) groups is 1. The highest BCUT2D eigenvalue weighted by Crippen LogP contribution is 2.65. The Morgan fingerprint density at radius 3 is 2.50 bits per heavy atom. The van der Waals surface area contributed by atoms with Crippen LogP contribution in [-0.4, -0.2) is 36.5 Å². The Morgan fingerprint density at radius 1 is 1.00 bits per heavy atom. The van der Waals surface area contributed by atoms with Crippen LogP contribution in [0.25, 0.3) is 0 Å². The number of likely N-dealkylation sites (N-methyl/N-ethyl adjacent to an activating group) is 1. The highest BCUT2D eigenvalue weighted by atomic mass is 16.2. The van der Waals surface area contributed by atoms with Crippen LogP contribution >= 0.6 is 0 Å². The standard InChI is InChI=1S/C25H42N2O/c1-5-27(6-2)17-23(28)26-22-13-12-20-19-11-10-18-9-7-8-15-24(18,3)21(19)14-16-25(20,22)4/h7-8,18-22H,5-6,9-17H2,1-4H3,(H,26,28)/t18-,19+,20+,21+,22+,24+,25+/m1/s1. The van der Waals surface area contributed by atoms with Crippen LogP contribution in [0.2, 0.25) is 0 Å². The Morgan fingerprint density at radius 2 is 1.75 bits per heavy atom. The molecule has 4 rings (SSSR count). The summed E-state index contributed by atoms with van der Waals surface area (Å²) >= 11 is 0. The van der Waals surface area contributed by atoms with E-state index in [-0.39, 0.29) is 5.91 Å². The Kier molecular flexibility index (Phi) is 5.68. The van der Waals surface area contributed by atoms with Gasteiger partial charge in [0.2, 0.25) is 5.91 Å². The fraction of sp³-hybridized carbons (Fsp3) is 0.880. The molecular weight excluding hydrogens is 344 g/mol. The number of rotatable bonds is 5. The molecule has 0 spiro atoms. The van der Waals surface area contributed by atoms with Crippen molar-refractivity contribution in [3.63, 3.8) is 0 Å². The van der Waals surface area contributed by atoms with Gasteiger partial charge in [0.1, 0.15) is 0 Å². The lowest BCUT2D eigenvalue weighted by Gasteiger charge is -2.59. The maximum atomic E-state index is 12.7. The summed E-state index contributed by atoms with van der Waals surface area (Å²) in [5.41, 5.74) is 0.844. The van der Waals surface area contributed by atoms with Crippen LogP contribution < -0.4 is 5.32 Å². The molecule has 0 aromatic carbocycles. The fourth-order valence-electron chi connectivity index (χ4n) is 7.97. The summed E-state index contributed by atoms with van der Waals surface area (Å²) < 4.78 is 0. The van der Waals surface area contributed by atoms with Gasteiger partial charge in [-0.05, 0) is 99.0 Å². The van der Waals surface area contributed by atoms with Crippen molar-refractivity contribution >= 4 is 5.91 Å². The number of amides is 1. The zero-order valence-corrected chi connectivity index (χ0v) is 18.7. The molecule has 0 saturated heterocycles. The molecule has 4 aliphatic carbocycles. The van der Waals surface area contributed by atoms with Crippen LogP contribution in [0.5, 0.6) is 0 Å². The van der Waals surface area contributed by atoms with Gasteiger partial charge in [0, 0.05) is 6.04 Å². The first-order chi connectivity index (χ1) is 13.4. The van der Waals surface area contributed by atoms with Gasteiger partial charge < -0.3 is 5.32 Å². The quantitative estimate of drug-likeness (QED) is 0.673. The van der Waals surface area contributed by atoms with Crippen molar-refractivity contribution in [3.05, 3.63) is 12.2 Å². The van der Waals surface area contributed by atoms with E-state index in [2.05, 4.69) is 50.1 Å². The summed E-state index contributed by atoms with van der Waals surface area (Å²) in [6.45, 7) is 11.9. The van der Waals surface area contributed by atoms with E-state index >= 15 is 0 Å². The third-order valence-electron chi connectivity index (χ3n) is 9.81. The van der Waals surface area contributed by atoms with Crippen molar-refractivity contribution in [2.45, 2.75) is 85.1 Å². The van der Waals surface area contributed by atoms with Gasteiger partial charge >= 0.3 is 0 Å². The SMILES string of the molecule is CCN(CC)CC(=O)N[C@H]1CC[C@H]2[C@@H]3CC[C@H]4CC=CC[C@]4(C)[C@H]3CC[C@]12C. The molecule has 0 unspecified atom stereocenters. The lowest BCUT2D eigenvalue weighted by molar-refractivity contribution is -0.125. The predicted molar refractivity (Wildman–Crippen MR) is 116 cm³/mol. The average Bonchev–Trinajstić information content (AvgIpc) is 3.02. The molecule has 4 aliphatic rings. The van der Waals surface area contributed by atoms with Gasteiger partial charge in [0.15, 0.2) is 0 Å². The van der Waals surface area contributed by atoms with Gasteiger partial charge in [-0.1, -0.05) is 39.8 Å². The van der Waals surface area contributed by atoms with Gasteiger partial charge in [0.05, 0.1) is 6.54 Å². The Bertz CT molecular complexity index is 612. The predicted octanol–water partition coefficient (Wildman–Crippen LogP) is 5.02. The molecule has 0 radical (unpaired) electrons. The summed E-state index contributed by atoms with van der Waals surface area (Å²) in [4.78, 5) is 14.9. The first-order valence-electron chi connectivity index (χ1n) is 12.1. The molecule has 0 aromatic rings.